The van der Waals surface area contributed by atoms with Crippen LogP contribution < -0.4 is 4.90 Å². The summed E-state index contributed by atoms with van der Waals surface area (Å²) in [6.45, 7) is 4.60. The van der Waals surface area contributed by atoms with Crippen molar-refractivity contribution in [1.82, 2.24) is 34.2 Å². The van der Waals surface area contributed by atoms with Gasteiger partial charge in [0, 0.05) is 86.7 Å². The van der Waals surface area contributed by atoms with Crippen LogP contribution in [0.15, 0.2) is 49.2 Å². The first kappa shape index (κ1) is 24.6. The summed E-state index contributed by atoms with van der Waals surface area (Å²) >= 11 is 0. The maximum atomic E-state index is 12.9. The topological polar surface area (TPSA) is 98.6 Å². The summed E-state index contributed by atoms with van der Waals surface area (Å²) in [6, 6.07) is 9.21. The SMILES string of the molecule is Cn1cc(-c2cc(-c3ccc(N4CCCC5C(CC4)CN5C(=O)N4CCCC4)nc3)c3c(C#N)cnn3c2)cn1. The molecule has 3 aliphatic heterocycles. The zero-order valence-corrected chi connectivity index (χ0v) is 22.8. The van der Waals surface area contributed by atoms with Gasteiger partial charge in [-0.1, -0.05) is 0 Å². The monoisotopic (exact) mass is 535 g/mol. The second-order valence-electron chi connectivity index (χ2n) is 11.3. The van der Waals surface area contributed by atoms with Crippen LogP contribution in [0.3, 0.4) is 0 Å². The Kier molecular flexibility index (Phi) is 6.14. The minimum absolute atomic E-state index is 0.257. The number of carbonyl (C=O) groups is 1. The molecule has 10 heteroatoms. The van der Waals surface area contributed by atoms with Crippen LogP contribution in [0.4, 0.5) is 10.6 Å². The van der Waals surface area contributed by atoms with E-state index in [-0.39, 0.29) is 6.03 Å². The van der Waals surface area contributed by atoms with E-state index in [1.54, 1.807) is 15.4 Å². The Labute approximate surface area is 233 Å². The molecule has 7 heterocycles. The van der Waals surface area contributed by atoms with E-state index >= 15 is 0 Å². The summed E-state index contributed by atoms with van der Waals surface area (Å²) in [6.07, 6.45) is 14.7. The van der Waals surface area contributed by atoms with Crippen LogP contribution in [-0.2, 0) is 7.05 Å². The smallest absolute Gasteiger partial charge is 0.320 e. The number of aromatic nitrogens is 5. The van der Waals surface area contributed by atoms with E-state index in [0.717, 1.165) is 98.4 Å². The molecule has 3 aliphatic rings. The van der Waals surface area contributed by atoms with Crippen molar-refractivity contribution in [3.8, 4) is 28.3 Å². The van der Waals surface area contributed by atoms with Gasteiger partial charge in [0.05, 0.1) is 23.5 Å². The predicted molar refractivity (Wildman–Crippen MR) is 152 cm³/mol. The number of hydrogen-bond acceptors (Lipinski definition) is 6. The Morgan fingerprint density at radius 2 is 1.82 bits per heavy atom. The number of urea groups is 1. The van der Waals surface area contributed by atoms with Gasteiger partial charge in [-0.2, -0.15) is 15.5 Å². The molecule has 0 aromatic carbocycles. The van der Waals surface area contributed by atoms with Crippen LogP contribution in [-0.4, -0.2) is 79.0 Å². The van der Waals surface area contributed by atoms with E-state index in [2.05, 4.69) is 44.3 Å². The number of fused-ring (bicyclic) bond motifs is 2. The molecule has 40 heavy (non-hydrogen) atoms. The van der Waals surface area contributed by atoms with Crippen molar-refractivity contribution >= 4 is 17.4 Å². The number of nitrogens with zero attached hydrogens (tertiary/aromatic N) is 9. The summed E-state index contributed by atoms with van der Waals surface area (Å²) in [5.74, 6) is 1.54. The number of anilines is 1. The number of pyridine rings is 2. The van der Waals surface area contributed by atoms with Crippen molar-refractivity contribution in [2.24, 2.45) is 13.0 Å². The summed E-state index contributed by atoms with van der Waals surface area (Å²) in [5, 5.41) is 18.5. The highest BCUT2D eigenvalue weighted by molar-refractivity contribution is 5.87. The minimum Gasteiger partial charge on any atom is -0.357 e. The fraction of sp³-hybridized carbons (Fsp3) is 0.433. The maximum absolute atomic E-state index is 12.9. The Hall–Kier alpha value is -4.39. The average molecular weight is 536 g/mol. The Morgan fingerprint density at radius 3 is 2.58 bits per heavy atom. The van der Waals surface area contributed by atoms with Crippen molar-refractivity contribution in [1.29, 1.82) is 5.26 Å². The number of hydrogen-bond donors (Lipinski definition) is 0. The van der Waals surface area contributed by atoms with Crippen LogP contribution in [0.2, 0.25) is 0 Å². The molecule has 0 radical (unpaired) electrons. The van der Waals surface area contributed by atoms with Gasteiger partial charge in [-0.15, -0.1) is 0 Å². The number of aryl methyl sites for hydroxylation is 1. The lowest BCUT2D eigenvalue weighted by atomic mass is 9.82. The van der Waals surface area contributed by atoms with Crippen molar-refractivity contribution < 1.29 is 4.79 Å². The molecule has 0 saturated carbocycles. The van der Waals surface area contributed by atoms with Crippen LogP contribution in [0.5, 0.6) is 0 Å². The molecule has 0 N–H and O–H groups in total. The fourth-order valence-corrected chi connectivity index (χ4v) is 6.65. The number of amides is 2. The summed E-state index contributed by atoms with van der Waals surface area (Å²) < 4.78 is 3.55. The van der Waals surface area contributed by atoms with E-state index in [0.29, 0.717) is 17.5 Å². The Morgan fingerprint density at radius 1 is 0.950 bits per heavy atom. The van der Waals surface area contributed by atoms with Crippen molar-refractivity contribution in [2.45, 2.75) is 38.1 Å². The molecule has 10 nitrogen and oxygen atoms in total. The van der Waals surface area contributed by atoms with Crippen LogP contribution in [0.25, 0.3) is 27.8 Å². The van der Waals surface area contributed by atoms with Gasteiger partial charge in [-0.25, -0.2) is 14.3 Å². The van der Waals surface area contributed by atoms with Crippen molar-refractivity contribution in [3.63, 3.8) is 0 Å². The van der Waals surface area contributed by atoms with E-state index in [1.165, 1.54) is 0 Å². The molecule has 2 atom stereocenters. The van der Waals surface area contributed by atoms with Crippen molar-refractivity contribution in [2.75, 3.05) is 37.6 Å². The standard InChI is InChI=1S/C30H33N9O/c1-35-18-25(17-33-35)23-13-26(29-24(14-31)16-34-39(29)20-23)21-6-7-28(32-15-21)36-11-4-5-27-22(8-12-36)19-38(27)30(40)37-9-2-3-10-37/h6-7,13,15-18,20,22,27H,2-5,8-12,19H2,1H3. The molecule has 0 spiro atoms. The van der Waals surface area contributed by atoms with E-state index in [9.17, 15) is 10.1 Å². The molecule has 2 amide bonds. The minimum atomic E-state index is 0.257. The predicted octanol–water partition coefficient (Wildman–Crippen LogP) is 4.17. The van der Waals surface area contributed by atoms with Gasteiger partial charge in [0.1, 0.15) is 11.9 Å². The molecule has 3 saturated heterocycles. The molecule has 2 unspecified atom stereocenters. The molecule has 4 aromatic heterocycles. The van der Waals surface area contributed by atoms with Crippen LogP contribution >= 0.6 is 0 Å². The quantitative estimate of drug-likeness (QED) is 0.390. The van der Waals surface area contributed by atoms with E-state index < -0.39 is 0 Å². The maximum Gasteiger partial charge on any atom is 0.320 e. The lowest BCUT2D eigenvalue weighted by Crippen LogP contribution is -2.62. The number of rotatable bonds is 3. The molecule has 4 aromatic rings. The molecular formula is C30H33N9O. The largest absolute Gasteiger partial charge is 0.357 e. The zero-order chi connectivity index (χ0) is 27.2. The highest BCUT2D eigenvalue weighted by atomic mass is 16.2. The highest BCUT2D eigenvalue weighted by Gasteiger charge is 2.43. The molecule has 0 bridgehead atoms. The zero-order valence-electron chi connectivity index (χ0n) is 22.8. The van der Waals surface area contributed by atoms with Gasteiger partial charge in [0.15, 0.2) is 0 Å². The first-order valence-electron chi connectivity index (χ1n) is 14.3. The number of carbonyl (C=O) groups excluding carboxylic acids is 1. The molecular weight excluding hydrogens is 502 g/mol. The fourth-order valence-electron chi connectivity index (χ4n) is 6.65. The summed E-state index contributed by atoms with van der Waals surface area (Å²) in [7, 11) is 1.90. The van der Waals surface area contributed by atoms with Gasteiger partial charge in [0.25, 0.3) is 0 Å². The molecule has 0 aliphatic carbocycles. The lowest BCUT2D eigenvalue weighted by molar-refractivity contribution is 0.0221. The third kappa shape index (κ3) is 4.26. The van der Waals surface area contributed by atoms with E-state index in [4.69, 9.17) is 4.98 Å². The van der Waals surface area contributed by atoms with Gasteiger partial charge in [-0.3, -0.25) is 4.68 Å². The van der Waals surface area contributed by atoms with Crippen LogP contribution in [0, 0.1) is 17.2 Å². The molecule has 204 valence electrons. The average Bonchev–Trinajstić information content (AvgIpc) is 3.73. The van der Waals surface area contributed by atoms with Crippen molar-refractivity contribution in [3.05, 3.63) is 54.7 Å². The molecule has 7 rings (SSSR count). The Balaban J connectivity index is 1.10. The van der Waals surface area contributed by atoms with E-state index in [1.807, 2.05) is 36.7 Å². The van der Waals surface area contributed by atoms with Gasteiger partial charge < -0.3 is 14.7 Å². The Bertz CT molecular complexity index is 1590. The molecule has 3 fully saturated rings. The third-order valence-electron chi connectivity index (χ3n) is 8.85. The normalized spacial score (nSPS) is 21.1. The third-order valence-corrected chi connectivity index (χ3v) is 8.85. The second kappa shape index (κ2) is 9.97. The first-order valence-corrected chi connectivity index (χ1v) is 14.3. The van der Waals surface area contributed by atoms with Gasteiger partial charge in [0.2, 0.25) is 0 Å². The number of likely N-dealkylation sites (tertiary alicyclic amines) is 2. The van der Waals surface area contributed by atoms with Crippen LogP contribution in [0.1, 0.15) is 37.7 Å². The highest BCUT2D eigenvalue weighted by Crippen LogP contribution is 2.36. The second-order valence-corrected chi connectivity index (χ2v) is 11.3. The van der Waals surface area contributed by atoms with Gasteiger partial charge >= 0.3 is 6.03 Å². The summed E-state index contributed by atoms with van der Waals surface area (Å²) in [5.41, 5.74) is 5.14. The first-order chi connectivity index (χ1) is 19.6. The summed E-state index contributed by atoms with van der Waals surface area (Å²) in [4.78, 5) is 24.4. The lowest BCUT2D eigenvalue weighted by Gasteiger charge is -2.51. The number of nitriles is 1. The van der Waals surface area contributed by atoms with Gasteiger partial charge in [-0.05, 0) is 56.2 Å².